The van der Waals surface area contributed by atoms with Gasteiger partial charge in [-0.15, -0.1) is 0 Å². The lowest BCUT2D eigenvalue weighted by Crippen LogP contribution is -2.05. The molecule has 2 N–H and O–H groups in total. The third-order valence-corrected chi connectivity index (χ3v) is 3.70. The van der Waals surface area contributed by atoms with Gasteiger partial charge in [0.05, 0.1) is 18.8 Å². The molecule has 0 spiro atoms. The van der Waals surface area contributed by atoms with Crippen molar-refractivity contribution in [1.29, 1.82) is 0 Å². The first kappa shape index (κ1) is 12.0. The summed E-state index contributed by atoms with van der Waals surface area (Å²) < 4.78 is 7.27. The second-order valence-corrected chi connectivity index (χ2v) is 4.93. The molecule has 1 fully saturated rings. The molecule has 1 aliphatic carbocycles. The lowest BCUT2D eigenvalue weighted by molar-refractivity contribution is 0.415. The highest BCUT2D eigenvalue weighted by molar-refractivity contribution is 5.63. The van der Waals surface area contributed by atoms with Crippen LogP contribution in [-0.4, -0.2) is 21.9 Å². The lowest BCUT2D eigenvalue weighted by atomic mass is 10.2. The fourth-order valence-electron chi connectivity index (χ4n) is 2.62. The summed E-state index contributed by atoms with van der Waals surface area (Å²) in [6.45, 7) is 0. The van der Waals surface area contributed by atoms with Crippen LogP contribution in [0.15, 0.2) is 24.5 Å². The summed E-state index contributed by atoms with van der Waals surface area (Å²) in [6.07, 6.45) is 8.84. The molecule has 5 nitrogen and oxygen atoms in total. The van der Waals surface area contributed by atoms with Crippen LogP contribution in [0.25, 0.3) is 11.3 Å². The van der Waals surface area contributed by atoms with Crippen molar-refractivity contribution >= 4 is 5.82 Å². The highest BCUT2D eigenvalue weighted by Crippen LogP contribution is 2.31. The van der Waals surface area contributed by atoms with Crippen molar-refractivity contribution < 1.29 is 4.74 Å². The first-order chi connectivity index (χ1) is 9.28. The Kier molecular flexibility index (Phi) is 3.11. The largest absolute Gasteiger partial charge is 0.493 e. The van der Waals surface area contributed by atoms with E-state index in [1.165, 1.54) is 25.7 Å². The maximum atomic E-state index is 5.72. The second-order valence-electron chi connectivity index (χ2n) is 4.93. The average molecular weight is 258 g/mol. The first-order valence-corrected chi connectivity index (χ1v) is 6.63. The van der Waals surface area contributed by atoms with Crippen molar-refractivity contribution in [3.63, 3.8) is 0 Å². The Hall–Kier alpha value is -2.04. The zero-order valence-corrected chi connectivity index (χ0v) is 11.0. The summed E-state index contributed by atoms with van der Waals surface area (Å²) in [4.78, 5) is 4.14. The number of nitrogens with two attached hydrogens (primary N) is 1. The molecule has 100 valence electrons. The van der Waals surface area contributed by atoms with Gasteiger partial charge in [-0.25, -0.2) is 4.98 Å². The van der Waals surface area contributed by atoms with Crippen molar-refractivity contribution in [3.8, 4) is 17.0 Å². The molecule has 0 aliphatic heterocycles. The zero-order chi connectivity index (χ0) is 13.2. The third-order valence-electron chi connectivity index (χ3n) is 3.70. The number of hydrogen-bond donors (Lipinski definition) is 1. The van der Waals surface area contributed by atoms with E-state index < -0.39 is 0 Å². The number of ether oxygens (including phenoxy) is 1. The summed E-state index contributed by atoms with van der Waals surface area (Å²) in [5.41, 5.74) is 7.57. The molecule has 1 saturated carbocycles. The molecule has 0 bridgehead atoms. The number of aromatic nitrogens is 3. The molecule has 0 unspecified atom stereocenters. The molecule has 2 aromatic heterocycles. The van der Waals surface area contributed by atoms with E-state index in [-0.39, 0.29) is 0 Å². The molecular weight excluding hydrogens is 240 g/mol. The van der Waals surface area contributed by atoms with Crippen molar-refractivity contribution in [2.45, 2.75) is 31.7 Å². The predicted molar refractivity (Wildman–Crippen MR) is 73.9 cm³/mol. The van der Waals surface area contributed by atoms with E-state index in [9.17, 15) is 0 Å². The van der Waals surface area contributed by atoms with Gasteiger partial charge in [0.2, 0.25) is 0 Å². The molecule has 19 heavy (non-hydrogen) atoms. The maximum absolute atomic E-state index is 5.72. The van der Waals surface area contributed by atoms with Crippen LogP contribution in [0.1, 0.15) is 31.7 Å². The number of methoxy groups -OCH3 is 1. The normalized spacial score (nSPS) is 15.8. The molecular formula is C14H18N4O. The van der Waals surface area contributed by atoms with E-state index >= 15 is 0 Å². The van der Waals surface area contributed by atoms with Gasteiger partial charge in [0, 0.05) is 18.0 Å². The van der Waals surface area contributed by atoms with Crippen LogP contribution in [0.5, 0.6) is 5.75 Å². The summed E-state index contributed by atoms with van der Waals surface area (Å²) >= 11 is 0. The summed E-state index contributed by atoms with van der Waals surface area (Å²) in [5, 5.41) is 4.65. The molecule has 2 heterocycles. The number of hydrogen-bond acceptors (Lipinski definition) is 4. The molecule has 0 saturated heterocycles. The molecule has 2 aromatic rings. The quantitative estimate of drug-likeness (QED) is 0.919. The Balaban J connectivity index is 1.89. The molecule has 1 aliphatic rings. The van der Waals surface area contributed by atoms with Crippen LogP contribution in [0.4, 0.5) is 5.82 Å². The van der Waals surface area contributed by atoms with Gasteiger partial charge in [-0.05, 0) is 25.0 Å². The molecule has 5 heteroatoms. The molecule has 3 rings (SSSR count). The van der Waals surface area contributed by atoms with E-state index in [1.54, 1.807) is 13.3 Å². The van der Waals surface area contributed by atoms with Crippen LogP contribution in [0, 0.1) is 0 Å². The average Bonchev–Trinajstić information content (AvgIpc) is 3.10. The fraction of sp³-hybridized carbons (Fsp3) is 0.429. The smallest absolute Gasteiger partial charge is 0.166 e. The number of rotatable bonds is 3. The SMILES string of the molecule is COc1cc(-c2ccn(C3CCCC3)n2)cnc1N. The number of nitrogen functional groups attached to an aromatic ring is 1. The number of anilines is 1. The predicted octanol–water partition coefficient (Wildman–Crippen LogP) is 2.65. The van der Waals surface area contributed by atoms with Gasteiger partial charge in [-0.3, -0.25) is 4.68 Å². The van der Waals surface area contributed by atoms with Crippen molar-refractivity contribution in [2.24, 2.45) is 0 Å². The fourth-order valence-corrected chi connectivity index (χ4v) is 2.62. The highest BCUT2D eigenvalue weighted by atomic mass is 16.5. The minimum absolute atomic E-state index is 0.404. The summed E-state index contributed by atoms with van der Waals surface area (Å²) in [7, 11) is 1.59. The molecule has 0 radical (unpaired) electrons. The molecule has 0 amide bonds. The Labute approximate surface area is 112 Å². The first-order valence-electron chi connectivity index (χ1n) is 6.63. The Morgan fingerprint density at radius 1 is 1.37 bits per heavy atom. The lowest BCUT2D eigenvalue weighted by Gasteiger charge is -2.09. The maximum Gasteiger partial charge on any atom is 0.166 e. The van der Waals surface area contributed by atoms with Crippen LogP contribution in [-0.2, 0) is 0 Å². The van der Waals surface area contributed by atoms with Crippen molar-refractivity contribution in [3.05, 3.63) is 24.5 Å². The van der Waals surface area contributed by atoms with E-state index in [2.05, 4.69) is 14.8 Å². The van der Waals surface area contributed by atoms with E-state index in [1.807, 2.05) is 18.3 Å². The summed E-state index contributed by atoms with van der Waals surface area (Å²) in [6, 6.07) is 4.45. The Bertz CT molecular complexity index is 573. The second kappa shape index (κ2) is 4.91. The third kappa shape index (κ3) is 2.28. The zero-order valence-electron chi connectivity index (χ0n) is 11.0. The summed E-state index contributed by atoms with van der Waals surface area (Å²) in [5.74, 6) is 0.995. The van der Waals surface area contributed by atoms with Crippen LogP contribution < -0.4 is 10.5 Å². The van der Waals surface area contributed by atoms with Crippen molar-refractivity contribution in [2.75, 3.05) is 12.8 Å². The van der Waals surface area contributed by atoms with Gasteiger partial charge in [0.1, 0.15) is 0 Å². The van der Waals surface area contributed by atoms with Gasteiger partial charge >= 0.3 is 0 Å². The topological polar surface area (TPSA) is 66.0 Å². The van der Waals surface area contributed by atoms with E-state index in [4.69, 9.17) is 10.5 Å². The van der Waals surface area contributed by atoms with Crippen LogP contribution in [0.3, 0.4) is 0 Å². The van der Waals surface area contributed by atoms with Crippen LogP contribution in [0.2, 0.25) is 0 Å². The Morgan fingerprint density at radius 3 is 2.89 bits per heavy atom. The van der Waals surface area contributed by atoms with Gasteiger partial charge in [0.15, 0.2) is 11.6 Å². The van der Waals surface area contributed by atoms with Gasteiger partial charge in [-0.1, -0.05) is 12.8 Å². The van der Waals surface area contributed by atoms with Gasteiger partial charge in [0.25, 0.3) is 0 Å². The monoisotopic (exact) mass is 258 g/mol. The van der Waals surface area contributed by atoms with Crippen molar-refractivity contribution in [1.82, 2.24) is 14.8 Å². The molecule has 0 aromatic carbocycles. The minimum atomic E-state index is 0.404. The van der Waals surface area contributed by atoms with E-state index in [0.717, 1.165) is 11.3 Å². The highest BCUT2D eigenvalue weighted by Gasteiger charge is 2.18. The van der Waals surface area contributed by atoms with Crippen LogP contribution >= 0.6 is 0 Å². The standard InChI is InChI=1S/C14H18N4O/c1-19-13-8-10(9-16-14(13)15)12-6-7-18(17-12)11-4-2-3-5-11/h6-9,11H,2-5H2,1H3,(H2,15,16). The minimum Gasteiger partial charge on any atom is -0.493 e. The molecule has 0 atom stereocenters. The van der Waals surface area contributed by atoms with E-state index in [0.29, 0.717) is 17.6 Å². The number of pyridine rings is 1. The van der Waals surface area contributed by atoms with Gasteiger partial charge < -0.3 is 10.5 Å². The number of nitrogens with zero attached hydrogens (tertiary/aromatic N) is 3. The van der Waals surface area contributed by atoms with Gasteiger partial charge in [-0.2, -0.15) is 5.10 Å². The Morgan fingerprint density at radius 2 is 2.16 bits per heavy atom.